The highest BCUT2D eigenvalue weighted by Gasteiger charge is 2.17. The Hall–Kier alpha value is -4.09. The zero-order chi connectivity index (χ0) is 25.3. The van der Waals surface area contributed by atoms with Crippen molar-refractivity contribution in [3.63, 3.8) is 0 Å². The molecule has 3 N–H and O–H groups in total. The SMILES string of the molecule is CC(C(=O)Nc1ccccc1Cc1ccccc1C(=O)O)c1ccc(NCCc2ccccc2)cc1.Cl. The van der Waals surface area contributed by atoms with Crippen LogP contribution < -0.4 is 10.6 Å². The number of amides is 1. The number of para-hydroxylation sites is 1. The van der Waals surface area contributed by atoms with E-state index in [-0.39, 0.29) is 29.8 Å². The number of carbonyl (C=O) groups excluding carboxylic acids is 1. The summed E-state index contributed by atoms with van der Waals surface area (Å²) in [6.45, 7) is 2.72. The van der Waals surface area contributed by atoms with Crippen molar-refractivity contribution in [1.82, 2.24) is 0 Å². The fourth-order valence-corrected chi connectivity index (χ4v) is 4.16. The summed E-state index contributed by atoms with van der Waals surface area (Å²) >= 11 is 0. The fraction of sp³-hybridized carbons (Fsp3) is 0.161. The van der Waals surface area contributed by atoms with Crippen molar-refractivity contribution in [1.29, 1.82) is 0 Å². The zero-order valence-corrected chi connectivity index (χ0v) is 21.5. The summed E-state index contributed by atoms with van der Waals surface area (Å²) in [6, 6.07) is 32.8. The highest BCUT2D eigenvalue weighted by atomic mass is 35.5. The highest BCUT2D eigenvalue weighted by Crippen LogP contribution is 2.24. The van der Waals surface area contributed by atoms with Crippen LogP contribution in [-0.4, -0.2) is 23.5 Å². The first-order valence-electron chi connectivity index (χ1n) is 12.1. The maximum absolute atomic E-state index is 13.1. The number of benzene rings is 4. The zero-order valence-electron chi connectivity index (χ0n) is 20.7. The molecule has 0 aliphatic carbocycles. The number of nitrogens with one attached hydrogen (secondary N) is 2. The molecule has 0 saturated carbocycles. The summed E-state index contributed by atoms with van der Waals surface area (Å²) < 4.78 is 0. The average molecular weight is 515 g/mol. The Morgan fingerprint density at radius 2 is 1.41 bits per heavy atom. The largest absolute Gasteiger partial charge is 0.478 e. The summed E-state index contributed by atoms with van der Waals surface area (Å²) in [5.74, 6) is -1.42. The molecule has 0 aromatic heterocycles. The second kappa shape index (κ2) is 13.3. The minimum Gasteiger partial charge on any atom is -0.478 e. The summed E-state index contributed by atoms with van der Waals surface area (Å²) in [5, 5.41) is 16.0. The van der Waals surface area contributed by atoms with Crippen LogP contribution in [0.1, 0.15) is 45.5 Å². The Morgan fingerprint density at radius 1 is 0.784 bits per heavy atom. The molecule has 0 fully saturated rings. The Morgan fingerprint density at radius 3 is 2.11 bits per heavy atom. The molecule has 0 aliphatic rings. The van der Waals surface area contributed by atoms with Gasteiger partial charge in [-0.1, -0.05) is 78.9 Å². The smallest absolute Gasteiger partial charge is 0.335 e. The van der Waals surface area contributed by atoms with Crippen molar-refractivity contribution >= 4 is 35.7 Å². The molecule has 0 heterocycles. The van der Waals surface area contributed by atoms with E-state index in [0.29, 0.717) is 17.7 Å². The molecular formula is C31H31ClN2O3. The van der Waals surface area contributed by atoms with Gasteiger partial charge in [0.05, 0.1) is 11.5 Å². The van der Waals surface area contributed by atoms with Gasteiger partial charge in [-0.3, -0.25) is 4.79 Å². The van der Waals surface area contributed by atoms with Gasteiger partial charge in [0.1, 0.15) is 0 Å². The van der Waals surface area contributed by atoms with Gasteiger partial charge >= 0.3 is 5.97 Å². The van der Waals surface area contributed by atoms with E-state index in [1.165, 1.54) is 5.56 Å². The normalized spacial score (nSPS) is 11.2. The van der Waals surface area contributed by atoms with Gasteiger partial charge in [0.2, 0.25) is 5.91 Å². The lowest BCUT2D eigenvalue weighted by molar-refractivity contribution is -0.117. The second-order valence-electron chi connectivity index (χ2n) is 8.79. The molecule has 1 amide bonds. The number of rotatable bonds is 10. The third kappa shape index (κ3) is 7.45. The van der Waals surface area contributed by atoms with E-state index in [9.17, 15) is 14.7 Å². The topological polar surface area (TPSA) is 78.4 Å². The van der Waals surface area contributed by atoms with Crippen LogP contribution in [-0.2, 0) is 17.6 Å². The molecule has 0 aliphatic heterocycles. The number of carboxylic acid groups (broad SMARTS) is 1. The van der Waals surface area contributed by atoms with E-state index < -0.39 is 5.97 Å². The number of aromatic carboxylic acids is 1. The van der Waals surface area contributed by atoms with Gasteiger partial charge in [-0.2, -0.15) is 0 Å². The van der Waals surface area contributed by atoms with Crippen molar-refractivity contribution in [2.45, 2.75) is 25.7 Å². The molecule has 4 aromatic rings. The van der Waals surface area contributed by atoms with Crippen LogP contribution in [0.4, 0.5) is 11.4 Å². The molecule has 37 heavy (non-hydrogen) atoms. The standard InChI is InChI=1S/C31H30N2O3.ClH/c1-22(24-15-17-27(18-16-24)32-20-19-23-9-3-2-4-10-23)30(34)33-29-14-8-6-12-26(29)21-25-11-5-7-13-28(25)31(35)36;/h2-18,22,32H,19-21H2,1H3,(H,33,34)(H,35,36);1H. The molecule has 4 aromatic carbocycles. The summed E-state index contributed by atoms with van der Waals surface area (Å²) in [6.07, 6.45) is 1.36. The van der Waals surface area contributed by atoms with Gasteiger partial charge in [0.25, 0.3) is 0 Å². The number of carboxylic acids is 1. The van der Waals surface area contributed by atoms with Crippen molar-refractivity contribution in [3.8, 4) is 0 Å². The number of hydrogen-bond donors (Lipinski definition) is 3. The fourth-order valence-electron chi connectivity index (χ4n) is 4.16. The minimum absolute atomic E-state index is 0. The van der Waals surface area contributed by atoms with Crippen LogP contribution in [0.5, 0.6) is 0 Å². The summed E-state index contributed by atoms with van der Waals surface area (Å²) in [4.78, 5) is 24.7. The van der Waals surface area contributed by atoms with Crippen molar-refractivity contribution in [2.24, 2.45) is 0 Å². The molecular weight excluding hydrogens is 484 g/mol. The number of anilines is 2. The van der Waals surface area contributed by atoms with E-state index >= 15 is 0 Å². The van der Waals surface area contributed by atoms with Crippen LogP contribution in [0, 0.1) is 0 Å². The quantitative estimate of drug-likeness (QED) is 0.217. The summed E-state index contributed by atoms with van der Waals surface area (Å²) in [5.41, 5.74) is 5.76. The molecule has 190 valence electrons. The van der Waals surface area contributed by atoms with Crippen LogP contribution in [0.3, 0.4) is 0 Å². The number of halogens is 1. The Kier molecular flexibility index (Phi) is 9.87. The van der Waals surface area contributed by atoms with Crippen molar-refractivity contribution < 1.29 is 14.7 Å². The van der Waals surface area contributed by atoms with Crippen molar-refractivity contribution in [2.75, 3.05) is 17.2 Å². The molecule has 0 bridgehead atoms. The second-order valence-corrected chi connectivity index (χ2v) is 8.79. The molecule has 1 unspecified atom stereocenters. The Bertz CT molecular complexity index is 1320. The van der Waals surface area contributed by atoms with Gasteiger partial charge in [0, 0.05) is 24.3 Å². The van der Waals surface area contributed by atoms with E-state index in [4.69, 9.17) is 0 Å². The molecule has 5 nitrogen and oxygen atoms in total. The van der Waals surface area contributed by atoms with E-state index in [1.807, 2.05) is 79.7 Å². The van der Waals surface area contributed by atoms with Gasteiger partial charge in [-0.15, -0.1) is 12.4 Å². The van der Waals surface area contributed by atoms with Gasteiger partial charge < -0.3 is 15.7 Å². The van der Waals surface area contributed by atoms with Crippen LogP contribution >= 0.6 is 12.4 Å². The summed E-state index contributed by atoms with van der Waals surface area (Å²) in [7, 11) is 0. The number of carbonyl (C=O) groups is 2. The Labute approximate surface area is 224 Å². The minimum atomic E-state index is -0.959. The predicted molar refractivity (Wildman–Crippen MR) is 152 cm³/mol. The van der Waals surface area contributed by atoms with Gasteiger partial charge in [-0.25, -0.2) is 4.79 Å². The first kappa shape index (κ1) is 27.5. The Balaban J connectivity index is 0.00000380. The first-order valence-corrected chi connectivity index (χ1v) is 12.1. The van der Waals surface area contributed by atoms with Crippen LogP contribution in [0.25, 0.3) is 0 Å². The third-order valence-electron chi connectivity index (χ3n) is 6.29. The molecule has 0 saturated heterocycles. The lowest BCUT2D eigenvalue weighted by atomic mass is 9.97. The molecule has 1 atom stereocenters. The lowest BCUT2D eigenvalue weighted by Crippen LogP contribution is -2.20. The van der Waals surface area contributed by atoms with Crippen molar-refractivity contribution in [3.05, 3.63) is 131 Å². The number of hydrogen-bond acceptors (Lipinski definition) is 3. The maximum Gasteiger partial charge on any atom is 0.335 e. The van der Waals surface area contributed by atoms with Gasteiger partial charge in [0.15, 0.2) is 0 Å². The van der Waals surface area contributed by atoms with E-state index in [0.717, 1.165) is 29.8 Å². The third-order valence-corrected chi connectivity index (χ3v) is 6.29. The van der Waals surface area contributed by atoms with E-state index in [1.54, 1.807) is 18.2 Å². The highest BCUT2D eigenvalue weighted by molar-refractivity contribution is 5.96. The molecule has 6 heteroatoms. The monoisotopic (exact) mass is 514 g/mol. The lowest BCUT2D eigenvalue weighted by Gasteiger charge is -2.16. The van der Waals surface area contributed by atoms with Crippen LogP contribution in [0.15, 0.2) is 103 Å². The van der Waals surface area contributed by atoms with Crippen LogP contribution in [0.2, 0.25) is 0 Å². The molecule has 0 spiro atoms. The molecule has 0 radical (unpaired) electrons. The predicted octanol–water partition coefficient (Wildman–Crippen LogP) is 6.79. The first-order chi connectivity index (χ1) is 17.5. The molecule has 4 rings (SSSR count). The maximum atomic E-state index is 13.1. The van der Waals surface area contributed by atoms with Gasteiger partial charge in [-0.05, 0) is 59.9 Å². The van der Waals surface area contributed by atoms with E-state index in [2.05, 4.69) is 22.8 Å². The average Bonchev–Trinajstić information content (AvgIpc) is 2.90.